The molecule has 1 unspecified atom stereocenters. The Morgan fingerprint density at radius 2 is 2.50 bits per heavy atom. The second kappa shape index (κ2) is 4.80. The Morgan fingerprint density at radius 3 is 3.07 bits per heavy atom. The third-order valence-electron chi connectivity index (χ3n) is 2.04. The van der Waals surface area contributed by atoms with Gasteiger partial charge in [0.1, 0.15) is 0 Å². The predicted molar refractivity (Wildman–Crippen MR) is 48.0 cm³/mol. The van der Waals surface area contributed by atoms with Gasteiger partial charge >= 0.3 is 12.0 Å². The standard InChI is InChI=1S/C8H14N2O4/c1-14-3-2-10-5-6(4-7(11)12)9-8(10)13/h6H,2-5H2,1H3,(H,9,13)(H,11,12). The molecule has 1 heterocycles. The van der Waals surface area contributed by atoms with Gasteiger partial charge in [-0.25, -0.2) is 4.79 Å². The average Bonchev–Trinajstić information content (AvgIpc) is 2.41. The minimum atomic E-state index is -0.899. The topological polar surface area (TPSA) is 78.9 Å². The van der Waals surface area contributed by atoms with Gasteiger partial charge in [0.2, 0.25) is 0 Å². The van der Waals surface area contributed by atoms with Crippen molar-refractivity contribution in [2.24, 2.45) is 0 Å². The van der Waals surface area contributed by atoms with E-state index >= 15 is 0 Å². The predicted octanol–water partition coefficient (Wildman–Crippen LogP) is -0.499. The fraction of sp³-hybridized carbons (Fsp3) is 0.750. The number of rotatable bonds is 5. The van der Waals surface area contributed by atoms with Gasteiger partial charge in [0.05, 0.1) is 19.1 Å². The number of amides is 2. The molecule has 80 valence electrons. The van der Waals surface area contributed by atoms with Crippen LogP contribution in [0, 0.1) is 0 Å². The molecular weight excluding hydrogens is 188 g/mol. The molecule has 1 rings (SSSR count). The van der Waals surface area contributed by atoms with Crippen LogP contribution in [0.1, 0.15) is 6.42 Å². The number of aliphatic carboxylic acids is 1. The summed E-state index contributed by atoms with van der Waals surface area (Å²) in [6, 6.07) is -0.495. The van der Waals surface area contributed by atoms with E-state index in [1.54, 1.807) is 12.0 Å². The van der Waals surface area contributed by atoms with Crippen LogP contribution < -0.4 is 5.32 Å². The van der Waals surface area contributed by atoms with E-state index in [9.17, 15) is 9.59 Å². The zero-order chi connectivity index (χ0) is 10.6. The SMILES string of the molecule is COCCN1CC(CC(=O)O)NC1=O. The molecule has 6 nitrogen and oxygen atoms in total. The molecule has 1 aliphatic rings. The number of hydrogen-bond acceptors (Lipinski definition) is 3. The first-order chi connectivity index (χ1) is 6.63. The highest BCUT2D eigenvalue weighted by Crippen LogP contribution is 2.06. The second-order valence-corrected chi connectivity index (χ2v) is 3.18. The van der Waals surface area contributed by atoms with Crippen LogP contribution in [0.5, 0.6) is 0 Å². The number of methoxy groups -OCH3 is 1. The van der Waals surface area contributed by atoms with Crippen LogP contribution >= 0.6 is 0 Å². The highest BCUT2D eigenvalue weighted by molar-refractivity contribution is 5.78. The summed E-state index contributed by atoms with van der Waals surface area (Å²) in [6.45, 7) is 1.40. The van der Waals surface area contributed by atoms with Gasteiger partial charge in [0.25, 0.3) is 0 Å². The van der Waals surface area contributed by atoms with Crippen LogP contribution in [-0.2, 0) is 9.53 Å². The lowest BCUT2D eigenvalue weighted by molar-refractivity contribution is -0.137. The van der Waals surface area contributed by atoms with E-state index in [1.807, 2.05) is 0 Å². The van der Waals surface area contributed by atoms with Crippen molar-refractivity contribution < 1.29 is 19.4 Å². The van der Waals surface area contributed by atoms with Crippen molar-refractivity contribution in [3.63, 3.8) is 0 Å². The maximum absolute atomic E-state index is 11.2. The maximum Gasteiger partial charge on any atom is 0.317 e. The molecule has 0 aliphatic carbocycles. The molecular formula is C8H14N2O4. The highest BCUT2D eigenvalue weighted by atomic mass is 16.5. The first-order valence-corrected chi connectivity index (χ1v) is 4.39. The molecule has 0 aromatic heterocycles. The number of nitrogens with zero attached hydrogens (tertiary/aromatic N) is 1. The minimum Gasteiger partial charge on any atom is -0.481 e. The highest BCUT2D eigenvalue weighted by Gasteiger charge is 2.29. The summed E-state index contributed by atoms with van der Waals surface area (Å²) in [6.07, 6.45) is -0.0325. The van der Waals surface area contributed by atoms with Crippen LogP contribution in [0.15, 0.2) is 0 Å². The van der Waals surface area contributed by atoms with Crippen molar-refractivity contribution in [2.75, 3.05) is 26.8 Å². The van der Waals surface area contributed by atoms with Crippen LogP contribution in [0.25, 0.3) is 0 Å². The lowest BCUT2D eigenvalue weighted by Crippen LogP contribution is -2.31. The van der Waals surface area contributed by atoms with Crippen molar-refractivity contribution in [1.29, 1.82) is 0 Å². The molecule has 1 atom stereocenters. The summed E-state index contributed by atoms with van der Waals surface area (Å²) in [5.41, 5.74) is 0. The number of urea groups is 1. The van der Waals surface area contributed by atoms with E-state index in [2.05, 4.69) is 5.32 Å². The summed E-state index contributed by atoms with van der Waals surface area (Å²) in [5.74, 6) is -0.899. The van der Waals surface area contributed by atoms with Gasteiger partial charge < -0.3 is 20.1 Å². The van der Waals surface area contributed by atoms with E-state index in [0.717, 1.165) is 0 Å². The molecule has 1 aliphatic heterocycles. The Kier molecular flexibility index (Phi) is 3.70. The quantitative estimate of drug-likeness (QED) is 0.630. The number of hydrogen-bond donors (Lipinski definition) is 2. The molecule has 0 radical (unpaired) electrons. The summed E-state index contributed by atoms with van der Waals surface area (Å²) in [7, 11) is 1.56. The number of carboxylic acid groups (broad SMARTS) is 1. The number of carboxylic acids is 1. The van der Waals surface area contributed by atoms with E-state index < -0.39 is 5.97 Å². The molecule has 14 heavy (non-hydrogen) atoms. The van der Waals surface area contributed by atoms with Gasteiger partial charge in [0, 0.05) is 20.2 Å². The van der Waals surface area contributed by atoms with Crippen LogP contribution in [0.3, 0.4) is 0 Å². The third kappa shape index (κ3) is 2.88. The Labute approximate surface area is 81.8 Å². The smallest absolute Gasteiger partial charge is 0.317 e. The average molecular weight is 202 g/mol. The van der Waals surface area contributed by atoms with E-state index in [0.29, 0.717) is 19.7 Å². The molecule has 0 aromatic carbocycles. The van der Waals surface area contributed by atoms with Gasteiger partial charge in [-0.2, -0.15) is 0 Å². The minimum absolute atomic E-state index is 0.0325. The van der Waals surface area contributed by atoms with E-state index in [1.165, 1.54) is 0 Å². The first-order valence-electron chi connectivity index (χ1n) is 4.39. The van der Waals surface area contributed by atoms with Crippen molar-refractivity contribution in [3.05, 3.63) is 0 Å². The van der Waals surface area contributed by atoms with Crippen LogP contribution in [0.2, 0.25) is 0 Å². The largest absolute Gasteiger partial charge is 0.481 e. The van der Waals surface area contributed by atoms with Gasteiger partial charge in [-0.3, -0.25) is 4.79 Å². The normalized spacial score (nSPS) is 21.1. The van der Waals surface area contributed by atoms with Gasteiger partial charge in [0.15, 0.2) is 0 Å². The number of carbonyl (C=O) groups excluding carboxylic acids is 1. The van der Waals surface area contributed by atoms with Crippen LogP contribution in [0.4, 0.5) is 4.79 Å². The second-order valence-electron chi connectivity index (χ2n) is 3.18. The molecule has 0 spiro atoms. The molecule has 0 bridgehead atoms. The molecule has 2 amide bonds. The van der Waals surface area contributed by atoms with E-state index in [4.69, 9.17) is 9.84 Å². The molecule has 1 fully saturated rings. The van der Waals surface area contributed by atoms with Crippen molar-refractivity contribution in [2.45, 2.75) is 12.5 Å². The Balaban J connectivity index is 2.35. The number of carbonyl (C=O) groups is 2. The fourth-order valence-electron chi connectivity index (χ4n) is 1.38. The van der Waals surface area contributed by atoms with Gasteiger partial charge in [-0.15, -0.1) is 0 Å². The number of nitrogens with one attached hydrogen (secondary N) is 1. The Bertz CT molecular complexity index is 231. The molecule has 6 heteroatoms. The zero-order valence-electron chi connectivity index (χ0n) is 8.02. The summed E-state index contributed by atoms with van der Waals surface area (Å²) < 4.78 is 4.83. The maximum atomic E-state index is 11.2. The summed E-state index contributed by atoms with van der Waals surface area (Å²) >= 11 is 0. The first kappa shape index (κ1) is 10.8. The summed E-state index contributed by atoms with van der Waals surface area (Å²) in [4.78, 5) is 23.2. The number of ether oxygens (including phenoxy) is 1. The van der Waals surface area contributed by atoms with Crippen LogP contribution in [-0.4, -0.2) is 54.9 Å². The summed E-state index contributed by atoms with van der Waals surface area (Å²) in [5, 5.41) is 11.1. The van der Waals surface area contributed by atoms with Gasteiger partial charge in [-0.1, -0.05) is 0 Å². The molecule has 1 saturated heterocycles. The van der Waals surface area contributed by atoms with Crippen molar-refractivity contribution in [1.82, 2.24) is 10.2 Å². The van der Waals surface area contributed by atoms with Crippen molar-refractivity contribution in [3.8, 4) is 0 Å². The van der Waals surface area contributed by atoms with E-state index in [-0.39, 0.29) is 18.5 Å². The molecule has 0 aromatic rings. The van der Waals surface area contributed by atoms with Crippen molar-refractivity contribution >= 4 is 12.0 Å². The zero-order valence-corrected chi connectivity index (χ0v) is 8.02. The monoisotopic (exact) mass is 202 g/mol. The Morgan fingerprint density at radius 1 is 1.79 bits per heavy atom. The molecule has 2 N–H and O–H groups in total. The lowest BCUT2D eigenvalue weighted by atomic mass is 10.2. The fourth-order valence-corrected chi connectivity index (χ4v) is 1.38. The lowest BCUT2D eigenvalue weighted by Gasteiger charge is -2.12. The Hall–Kier alpha value is -1.30. The third-order valence-corrected chi connectivity index (χ3v) is 2.04. The molecule has 0 saturated carbocycles. The van der Waals surface area contributed by atoms with Gasteiger partial charge in [-0.05, 0) is 0 Å².